The molecule has 1 heterocycles. The molecule has 22 heavy (non-hydrogen) atoms. The third-order valence-electron chi connectivity index (χ3n) is 3.74. The molecule has 1 amide bonds. The van der Waals surface area contributed by atoms with Crippen LogP contribution in [0.4, 0.5) is 5.13 Å². The van der Waals surface area contributed by atoms with Crippen molar-refractivity contribution in [3.05, 3.63) is 40.4 Å². The van der Waals surface area contributed by atoms with E-state index in [1.54, 1.807) is 11.3 Å². The predicted molar refractivity (Wildman–Crippen MR) is 88.8 cm³/mol. The van der Waals surface area contributed by atoms with Crippen LogP contribution in [0, 0.1) is 0 Å². The van der Waals surface area contributed by atoms with Crippen molar-refractivity contribution in [1.29, 1.82) is 0 Å². The van der Waals surface area contributed by atoms with E-state index in [9.17, 15) is 4.79 Å². The second kappa shape index (κ2) is 6.48. The molecule has 4 nitrogen and oxygen atoms in total. The highest BCUT2D eigenvalue weighted by molar-refractivity contribution is 7.15. The molecule has 1 aliphatic carbocycles. The number of ether oxygens (including phenoxy) is 1. The maximum absolute atomic E-state index is 12.0. The molecular weight excluding hydrogens is 296 g/mol. The number of amides is 1. The standard InChI is InChI=1S/C17H20N2O2S/c1-11(2)12-6-3-4-8-14(12)21-10-16(20)19-17-18-13-7-5-9-15(13)22-17/h3-4,6,8,11H,5,7,9-10H2,1-2H3,(H,18,19,20). The topological polar surface area (TPSA) is 51.2 Å². The van der Waals surface area contributed by atoms with Crippen LogP contribution in [0.15, 0.2) is 24.3 Å². The lowest BCUT2D eigenvalue weighted by Crippen LogP contribution is -2.20. The Hall–Kier alpha value is -1.88. The normalized spacial score (nSPS) is 13.2. The first kappa shape index (κ1) is 15.0. The van der Waals surface area contributed by atoms with E-state index in [-0.39, 0.29) is 12.5 Å². The largest absolute Gasteiger partial charge is 0.483 e. The molecule has 1 N–H and O–H groups in total. The third kappa shape index (κ3) is 3.30. The van der Waals surface area contributed by atoms with Crippen LogP contribution in [0.2, 0.25) is 0 Å². The average Bonchev–Trinajstić information content (AvgIpc) is 3.06. The number of anilines is 1. The van der Waals surface area contributed by atoms with Crippen LogP contribution in [-0.4, -0.2) is 17.5 Å². The summed E-state index contributed by atoms with van der Waals surface area (Å²) < 4.78 is 5.67. The molecule has 0 bridgehead atoms. The number of hydrogen-bond donors (Lipinski definition) is 1. The molecule has 5 heteroatoms. The van der Waals surface area contributed by atoms with Crippen LogP contribution < -0.4 is 10.1 Å². The highest BCUT2D eigenvalue weighted by Crippen LogP contribution is 2.30. The first-order valence-corrected chi connectivity index (χ1v) is 8.45. The fourth-order valence-corrected chi connectivity index (χ4v) is 3.70. The zero-order chi connectivity index (χ0) is 15.5. The number of carbonyl (C=O) groups excluding carboxylic acids is 1. The van der Waals surface area contributed by atoms with E-state index in [4.69, 9.17) is 4.74 Å². The fraction of sp³-hybridized carbons (Fsp3) is 0.412. The van der Waals surface area contributed by atoms with E-state index in [1.807, 2.05) is 24.3 Å². The van der Waals surface area contributed by atoms with Gasteiger partial charge in [-0.25, -0.2) is 4.98 Å². The number of aryl methyl sites for hydroxylation is 2. The summed E-state index contributed by atoms with van der Waals surface area (Å²) in [6.45, 7) is 4.23. The Morgan fingerprint density at radius 2 is 2.18 bits per heavy atom. The van der Waals surface area contributed by atoms with Crippen LogP contribution in [0.5, 0.6) is 5.75 Å². The van der Waals surface area contributed by atoms with Crippen LogP contribution in [-0.2, 0) is 17.6 Å². The highest BCUT2D eigenvalue weighted by Gasteiger charge is 2.18. The number of rotatable bonds is 5. The van der Waals surface area contributed by atoms with Crippen molar-refractivity contribution in [2.24, 2.45) is 0 Å². The molecule has 116 valence electrons. The van der Waals surface area contributed by atoms with Crippen LogP contribution in [0.25, 0.3) is 0 Å². The van der Waals surface area contributed by atoms with Gasteiger partial charge in [0.15, 0.2) is 11.7 Å². The highest BCUT2D eigenvalue weighted by atomic mass is 32.1. The number of para-hydroxylation sites is 1. The zero-order valence-corrected chi connectivity index (χ0v) is 13.7. The molecule has 0 saturated heterocycles. The minimum atomic E-state index is -0.161. The van der Waals surface area contributed by atoms with Gasteiger partial charge in [0.2, 0.25) is 0 Å². The Morgan fingerprint density at radius 3 is 2.95 bits per heavy atom. The second-order valence-corrected chi connectivity index (χ2v) is 6.86. The Balaban J connectivity index is 1.58. The van der Waals surface area contributed by atoms with Gasteiger partial charge in [0.05, 0.1) is 5.69 Å². The van der Waals surface area contributed by atoms with E-state index in [1.165, 1.54) is 11.3 Å². The van der Waals surface area contributed by atoms with Crippen molar-refractivity contribution in [1.82, 2.24) is 4.98 Å². The lowest BCUT2D eigenvalue weighted by molar-refractivity contribution is -0.118. The Bertz CT molecular complexity index is 658. The lowest BCUT2D eigenvalue weighted by Gasteiger charge is -2.13. The number of aromatic nitrogens is 1. The first-order valence-electron chi connectivity index (χ1n) is 7.63. The predicted octanol–water partition coefficient (Wildman–Crippen LogP) is 3.77. The number of fused-ring (bicyclic) bond motifs is 1. The SMILES string of the molecule is CC(C)c1ccccc1OCC(=O)Nc1nc2c(s1)CCC2. The summed E-state index contributed by atoms with van der Waals surface area (Å²) in [4.78, 5) is 17.8. The van der Waals surface area contributed by atoms with Gasteiger partial charge in [-0.3, -0.25) is 10.1 Å². The van der Waals surface area contributed by atoms with Crippen LogP contribution in [0.1, 0.15) is 42.3 Å². The van der Waals surface area contributed by atoms with Crippen molar-refractivity contribution >= 4 is 22.4 Å². The summed E-state index contributed by atoms with van der Waals surface area (Å²) in [7, 11) is 0. The molecule has 0 radical (unpaired) electrons. The number of carbonyl (C=O) groups is 1. The number of nitrogens with zero attached hydrogens (tertiary/aromatic N) is 1. The molecule has 0 atom stereocenters. The number of benzene rings is 1. The van der Waals surface area contributed by atoms with Crippen LogP contribution in [0.3, 0.4) is 0 Å². The molecular formula is C17H20N2O2S. The number of hydrogen-bond acceptors (Lipinski definition) is 4. The second-order valence-electron chi connectivity index (χ2n) is 5.77. The molecule has 0 unspecified atom stereocenters. The monoisotopic (exact) mass is 316 g/mol. The minimum absolute atomic E-state index is 0.00792. The smallest absolute Gasteiger partial charge is 0.264 e. The summed E-state index contributed by atoms with van der Waals surface area (Å²) in [5.41, 5.74) is 2.26. The molecule has 1 aromatic carbocycles. The molecule has 0 aliphatic heterocycles. The lowest BCUT2D eigenvalue weighted by atomic mass is 10.0. The van der Waals surface area contributed by atoms with E-state index in [0.717, 1.165) is 29.8 Å². The van der Waals surface area contributed by atoms with Crippen molar-refractivity contribution in [2.75, 3.05) is 11.9 Å². The van der Waals surface area contributed by atoms with Gasteiger partial charge in [0.1, 0.15) is 5.75 Å². The van der Waals surface area contributed by atoms with Gasteiger partial charge in [0, 0.05) is 4.88 Å². The van der Waals surface area contributed by atoms with Crippen molar-refractivity contribution in [2.45, 2.75) is 39.0 Å². The zero-order valence-electron chi connectivity index (χ0n) is 12.9. The maximum Gasteiger partial charge on any atom is 0.264 e. The minimum Gasteiger partial charge on any atom is -0.483 e. The van der Waals surface area contributed by atoms with Gasteiger partial charge in [-0.1, -0.05) is 32.0 Å². The van der Waals surface area contributed by atoms with Crippen molar-refractivity contribution in [3.8, 4) is 5.75 Å². The molecule has 1 aromatic heterocycles. The van der Waals surface area contributed by atoms with E-state index >= 15 is 0 Å². The maximum atomic E-state index is 12.0. The van der Waals surface area contributed by atoms with Crippen molar-refractivity contribution in [3.63, 3.8) is 0 Å². The molecule has 1 aliphatic rings. The van der Waals surface area contributed by atoms with Gasteiger partial charge < -0.3 is 4.74 Å². The average molecular weight is 316 g/mol. The molecule has 0 spiro atoms. The van der Waals surface area contributed by atoms with E-state index in [2.05, 4.69) is 24.1 Å². The third-order valence-corrected chi connectivity index (χ3v) is 4.81. The molecule has 0 saturated carbocycles. The summed E-state index contributed by atoms with van der Waals surface area (Å²) in [5, 5.41) is 3.52. The molecule has 2 aromatic rings. The Kier molecular flexibility index (Phi) is 4.43. The fourth-order valence-electron chi connectivity index (χ4n) is 2.63. The van der Waals surface area contributed by atoms with Gasteiger partial charge in [-0.15, -0.1) is 11.3 Å². The van der Waals surface area contributed by atoms with Crippen molar-refractivity contribution < 1.29 is 9.53 Å². The number of nitrogens with one attached hydrogen (secondary N) is 1. The molecule has 0 fully saturated rings. The Labute approximate surface area is 134 Å². The summed E-state index contributed by atoms with van der Waals surface area (Å²) in [5.74, 6) is 0.974. The number of thiazole rings is 1. The van der Waals surface area contributed by atoms with Gasteiger partial charge in [-0.05, 0) is 36.8 Å². The van der Waals surface area contributed by atoms with Gasteiger partial charge >= 0.3 is 0 Å². The van der Waals surface area contributed by atoms with Gasteiger partial charge in [0.25, 0.3) is 5.91 Å². The van der Waals surface area contributed by atoms with Gasteiger partial charge in [-0.2, -0.15) is 0 Å². The molecule has 3 rings (SSSR count). The quantitative estimate of drug-likeness (QED) is 0.913. The van der Waals surface area contributed by atoms with Crippen LogP contribution >= 0.6 is 11.3 Å². The summed E-state index contributed by atoms with van der Waals surface area (Å²) in [6, 6.07) is 7.84. The van der Waals surface area contributed by atoms with E-state index < -0.39 is 0 Å². The summed E-state index contributed by atoms with van der Waals surface area (Å²) in [6.07, 6.45) is 3.29. The summed E-state index contributed by atoms with van der Waals surface area (Å²) >= 11 is 1.58. The first-order chi connectivity index (χ1) is 10.6. The van der Waals surface area contributed by atoms with E-state index in [0.29, 0.717) is 11.0 Å². The Morgan fingerprint density at radius 1 is 1.36 bits per heavy atom.